The Balaban J connectivity index is 1.76. The molecule has 1 unspecified atom stereocenters. The van der Waals surface area contributed by atoms with Gasteiger partial charge in [0.1, 0.15) is 22.7 Å². The molecule has 126 valence electrons. The number of unbranched alkanes of at least 4 members (excludes halogenated alkanes) is 2. The van der Waals surface area contributed by atoms with Gasteiger partial charge in [0.15, 0.2) is 0 Å². The van der Waals surface area contributed by atoms with Crippen LogP contribution in [-0.2, 0) is 6.42 Å². The van der Waals surface area contributed by atoms with Gasteiger partial charge in [-0.3, -0.25) is 0 Å². The van der Waals surface area contributed by atoms with E-state index in [1.807, 2.05) is 0 Å². The third-order valence-corrected chi connectivity index (χ3v) is 6.35. The van der Waals surface area contributed by atoms with Gasteiger partial charge in [0, 0.05) is 17.4 Å². The van der Waals surface area contributed by atoms with Crippen LogP contribution < -0.4 is 9.47 Å². The molecule has 0 spiro atoms. The highest BCUT2D eigenvalue weighted by atomic mass is 16.5. The van der Waals surface area contributed by atoms with Gasteiger partial charge in [0.2, 0.25) is 0 Å². The van der Waals surface area contributed by atoms with Gasteiger partial charge in [-0.15, -0.1) is 0 Å². The van der Waals surface area contributed by atoms with Crippen molar-refractivity contribution in [1.29, 1.82) is 0 Å². The fourth-order valence-corrected chi connectivity index (χ4v) is 5.14. The normalized spacial score (nSPS) is 32.9. The molecule has 1 fully saturated rings. The zero-order valence-corrected chi connectivity index (χ0v) is 15.1. The van der Waals surface area contributed by atoms with Crippen molar-refractivity contribution in [3.8, 4) is 11.5 Å². The van der Waals surface area contributed by atoms with E-state index in [1.54, 1.807) is 0 Å². The van der Waals surface area contributed by atoms with Gasteiger partial charge in [-0.25, -0.2) is 0 Å². The van der Waals surface area contributed by atoms with Crippen molar-refractivity contribution in [2.24, 2.45) is 5.92 Å². The van der Waals surface area contributed by atoms with Crippen molar-refractivity contribution in [1.82, 2.24) is 0 Å². The van der Waals surface area contributed by atoms with Crippen molar-refractivity contribution < 1.29 is 9.47 Å². The lowest BCUT2D eigenvalue weighted by atomic mass is 9.61. The maximum atomic E-state index is 6.49. The first-order valence-corrected chi connectivity index (χ1v) is 9.47. The van der Waals surface area contributed by atoms with Crippen LogP contribution in [0.4, 0.5) is 0 Å². The monoisotopic (exact) mass is 314 g/mol. The minimum absolute atomic E-state index is 0.0287. The van der Waals surface area contributed by atoms with E-state index in [0.717, 1.165) is 30.8 Å². The van der Waals surface area contributed by atoms with E-state index in [-0.39, 0.29) is 11.2 Å². The summed E-state index contributed by atoms with van der Waals surface area (Å²) in [6, 6.07) is 4.61. The van der Waals surface area contributed by atoms with Gasteiger partial charge in [-0.1, -0.05) is 19.8 Å². The van der Waals surface area contributed by atoms with Crippen LogP contribution >= 0.6 is 0 Å². The Labute approximate surface area is 140 Å². The lowest BCUT2D eigenvalue weighted by Gasteiger charge is -2.55. The van der Waals surface area contributed by atoms with Crippen molar-refractivity contribution in [3.05, 3.63) is 23.3 Å². The summed E-state index contributed by atoms with van der Waals surface area (Å²) in [5, 5.41) is 0. The fraction of sp³-hybridized carbons (Fsp3) is 0.714. The molecular weight excluding hydrogens is 284 g/mol. The van der Waals surface area contributed by atoms with Crippen molar-refractivity contribution in [3.63, 3.8) is 0 Å². The Morgan fingerprint density at radius 1 is 1.09 bits per heavy atom. The first-order chi connectivity index (χ1) is 10.9. The molecule has 1 aliphatic carbocycles. The second-order valence-electron chi connectivity index (χ2n) is 8.68. The summed E-state index contributed by atoms with van der Waals surface area (Å²) in [5.41, 5.74) is 2.71. The van der Waals surface area contributed by atoms with Crippen LogP contribution in [0.5, 0.6) is 11.5 Å². The summed E-state index contributed by atoms with van der Waals surface area (Å²) in [5.74, 6) is 3.45. The van der Waals surface area contributed by atoms with Crippen LogP contribution in [0, 0.1) is 5.92 Å². The van der Waals surface area contributed by atoms with E-state index in [2.05, 4.69) is 39.8 Å². The minimum Gasteiger partial charge on any atom is -0.487 e. The number of fused-ring (bicyclic) bond motifs is 1. The first kappa shape index (κ1) is 15.4. The Kier molecular flexibility index (Phi) is 3.44. The van der Waals surface area contributed by atoms with Crippen LogP contribution in [0.25, 0.3) is 0 Å². The molecule has 1 aromatic rings. The third-order valence-electron chi connectivity index (χ3n) is 6.35. The van der Waals surface area contributed by atoms with E-state index in [9.17, 15) is 0 Å². The van der Waals surface area contributed by atoms with Gasteiger partial charge in [0.05, 0.1) is 0 Å². The molecule has 2 heterocycles. The highest BCUT2D eigenvalue weighted by Crippen LogP contribution is 2.60. The van der Waals surface area contributed by atoms with E-state index in [0.29, 0.717) is 11.8 Å². The topological polar surface area (TPSA) is 18.5 Å². The number of ether oxygens (including phenoxy) is 2. The predicted octanol–water partition coefficient (Wildman–Crippen LogP) is 5.63. The predicted molar refractivity (Wildman–Crippen MR) is 93.5 cm³/mol. The fourth-order valence-electron chi connectivity index (χ4n) is 5.14. The molecule has 0 radical (unpaired) electrons. The van der Waals surface area contributed by atoms with Crippen LogP contribution in [0.3, 0.4) is 0 Å². The third kappa shape index (κ3) is 2.45. The summed E-state index contributed by atoms with van der Waals surface area (Å²) in [4.78, 5) is 0. The number of hydrogen-bond acceptors (Lipinski definition) is 2. The standard InChI is InChI=1S/C21H30O2/c1-5-6-7-8-14-11-17-19-15-13-21(4,23-18(19)12-14)10-9-16(15)20(2,3)22-17/h11-12,15-16H,5-10,13H2,1-4H3/t15?,16-,21+/m0/s1. The van der Waals surface area contributed by atoms with E-state index < -0.39 is 0 Å². The second-order valence-corrected chi connectivity index (χ2v) is 8.68. The number of benzene rings is 1. The number of hydrogen-bond donors (Lipinski definition) is 0. The molecule has 1 saturated carbocycles. The molecule has 2 heteroatoms. The molecular formula is C21H30O2. The molecule has 2 aliphatic heterocycles. The lowest BCUT2D eigenvalue weighted by Crippen LogP contribution is -2.53. The zero-order valence-electron chi connectivity index (χ0n) is 15.1. The largest absolute Gasteiger partial charge is 0.487 e. The van der Waals surface area contributed by atoms with E-state index >= 15 is 0 Å². The van der Waals surface area contributed by atoms with Crippen LogP contribution in [-0.4, -0.2) is 11.2 Å². The van der Waals surface area contributed by atoms with E-state index in [1.165, 1.54) is 36.8 Å². The molecule has 23 heavy (non-hydrogen) atoms. The van der Waals surface area contributed by atoms with Crippen LogP contribution in [0.2, 0.25) is 0 Å². The highest BCUT2D eigenvalue weighted by molar-refractivity contribution is 5.54. The van der Waals surface area contributed by atoms with Gasteiger partial charge in [-0.2, -0.15) is 0 Å². The van der Waals surface area contributed by atoms with Crippen LogP contribution in [0.15, 0.2) is 12.1 Å². The average molecular weight is 314 g/mol. The molecule has 2 nitrogen and oxygen atoms in total. The van der Waals surface area contributed by atoms with Gasteiger partial charge in [0.25, 0.3) is 0 Å². The maximum Gasteiger partial charge on any atom is 0.127 e. The lowest BCUT2D eigenvalue weighted by molar-refractivity contribution is -0.0727. The highest BCUT2D eigenvalue weighted by Gasteiger charge is 2.54. The maximum absolute atomic E-state index is 6.49. The van der Waals surface area contributed by atoms with Gasteiger partial charge in [-0.05, 0) is 70.6 Å². The molecule has 1 aromatic carbocycles. The van der Waals surface area contributed by atoms with Crippen LogP contribution in [0.1, 0.15) is 83.3 Å². The number of aryl methyl sites for hydroxylation is 1. The molecule has 0 saturated heterocycles. The summed E-state index contributed by atoms with van der Waals surface area (Å²) in [7, 11) is 0. The Bertz CT molecular complexity index is 601. The molecule has 0 aromatic heterocycles. The summed E-state index contributed by atoms with van der Waals surface area (Å²) in [6.07, 6.45) is 8.45. The molecule has 3 atom stereocenters. The SMILES string of the molecule is CCCCCc1cc2c3c(c1)O[C@]1(C)CC[C@@H](C3C1)C(C)(C)O2. The van der Waals surface area contributed by atoms with Crippen molar-refractivity contribution in [2.45, 2.75) is 89.8 Å². The molecule has 2 bridgehead atoms. The van der Waals surface area contributed by atoms with Crippen molar-refractivity contribution >= 4 is 0 Å². The van der Waals surface area contributed by atoms with Gasteiger partial charge >= 0.3 is 0 Å². The molecule has 0 N–H and O–H groups in total. The Hall–Kier alpha value is -1.18. The smallest absolute Gasteiger partial charge is 0.127 e. The average Bonchev–Trinajstić information content (AvgIpc) is 2.45. The molecule has 0 amide bonds. The zero-order chi connectivity index (χ0) is 16.2. The van der Waals surface area contributed by atoms with Gasteiger partial charge < -0.3 is 9.47 Å². The first-order valence-electron chi connectivity index (χ1n) is 9.47. The second kappa shape index (κ2) is 5.16. The summed E-state index contributed by atoms with van der Waals surface area (Å²) < 4.78 is 13.0. The summed E-state index contributed by atoms with van der Waals surface area (Å²) >= 11 is 0. The molecule has 3 aliphatic rings. The Morgan fingerprint density at radius 3 is 2.57 bits per heavy atom. The van der Waals surface area contributed by atoms with Crippen molar-refractivity contribution in [2.75, 3.05) is 0 Å². The number of rotatable bonds is 4. The molecule has 4 rings (SSSR count). The summed E-state index contributed by atoms with van der Waals surface area (Å²) in [6.45, 7) is 9.12. The quantitative estimate of drug-likeness (QED) is 0.671. The van der Waals surface area contributed by atoms with E-state index in [4.69, 9.17) is 9.47 Å². The Morgan fingerprint density at radius 2 is 1.83 bits per heavy atom. The minimum atomic E-state index is -0.0599.